The summed E-state index contributed by atoms with van der Waals surface area (Å²) in [6.07, 6.45) is 2.32. The third-order valence-corrected chi connectivity index (χ3v) is 3.56. The minimum absolute atomic E-state index is 0.526. The number of aliphatic carboxylic acids is 1. The molecular formula is C13H16ClNO2. The Kier molecular flexibility index (Phi) is 4.02. The molecule has 1 N–H and O–H groups in total. The molecule has 1 fully saturated rings. The Labute approximate surface area is 106 Å². The maximum absolute atomic E-state index is 11.4. The number of rotatable bonds is 4. The number of hydrogen-bond donors (Lipinski definition) is 1. The van der Waals surface area contributed by atoms with Crippen molar-refractivity contribution in [3.05, 3.63) is 34.9 Å². The maximum atomic E-state index is 11.4. The molecule has 0 spiro atoms. The van der Waals surface area contributed by atoms with Crippen molar-refractivity contribution >= 4 is 17.6 Å². The van der Waals surface area contributed by atoms with Gasteiger partial charge in [0, 0.05) is 11.6 Å². The third-order valence-electron chi connectivity index (χ3n) is 3.22. The zero-order chi connectivity index (χ0) is 12.3. The molecule has 0 aliphatic carbocycles. The molecular weight excluding hydrogens is 238 g/mol. The van der Waals surface area contributed by atoms with Crippen molar-refractivity contribution in [2.24, 2.45) is 0 Å². The van der Waals surface area contributed by atoms with E-state index in [2.05, 4.69) is 4.90 Å². The smallest absolute Gasteiger partial charge is 0.312 e. The second-order valence-electron chi connectivity index (χ2n) is 4.42. The Bertz CT molecular complexity index is 402. The number of hydrogen-bond acceptors (Lipinski definition) is 2. The monoisotopic (exact) mass is 253 g/mol. The fourth-order valence-electron chi connectivity index (χ4n) is 2.29. The van der Waals surface area contributed by atoms with Crippen LogP contribution in [0, 0.1) is 0 Å². The van der Waals surface area contributed by atoms with Gasteiger partial charge in [0.15, 0.2) is 0 Å². The summed E-state index contributed by atoms with van der Waals surface area (Å²) in [6, 6.07) is 7.20. The number of halogens is 1. The molecule has 0 radical (unpaired) electrons. The van der Waals surface area contributed by atoms with Gasteiger partial charge in [-0.25, -0.2) is 0 Å². The summed E-state index contributed by atoms with van der Waals surface area (Å²) in [5.74, 6) is -1.33. The zero-order valence-electron chi connectivity index (χ0n) is 9.60. The van der Waals surface area contributed by atoms with Crippen molar-refractivity contribution < 1.29 is 9.90 Å². The van der Waals surface area contributed by atoms with Crippen LogP contribution in [0.2, 0.25) is 5.02 Å². The van der Waals surface area contributed by atoms with Gasteiger partial charge in [-0.2, -0.15) is 0 Å². The van der Waals surface area contributed by atoms with E-state index in [4.69, 9.17) is 11.6 Å². The molecule has 0 aromatic heterocycles. The van der Waals surface area contributed by atoms with Crippen LogP contribution in [-0.2, 0) is 4.79 Å². The highest BCUT2D eigenvalue weighted by atomic mass is 35.5. The van der Waals surface area contributed by atoms with Crippen molar-refractivity contribution in [2.75, 3.05) is 19.6 Å². The minimum atomic E-state index is -0.801. The second kappa shape index (κ2) is 5.52. The lowest BCUT2D eigenvalue weighted by Crippen LogP contribution is -2.29. The summed E-state index contributed by atoms with van der Waals surface area (Å²) in [7, 11) is 0. The molecule has 17 heavy (non-hydrogen) atoms. The number of benzene rings is 1. The Morgan fingerprint density at radius 2 is 2.00 bits per heavy atom. The number of likely N-dealkylation sites (tertiary alicyclic amines) is 1. The molecule has 1 saturated heterocycles. The molecule has 92 valence electrons. The van der Waals surface area contributed by atoms with Gasteiger partial charge in [0.1, 0.15) is 0 Å². The first-order chi connectivity index (χ1) is 8.18. The Balaban J connectivity index is 2.17. The fourth-order valence-corrected chi connectivity index (χ4v) is 2.56. The van der Waals surface area contributed by atoms with Crippen LogP contribution in [-0.4, -0.2) is 35.6 Å². The molecule has 1 aromatic carbocycles. The van der Waals surface area contributed by atoms with Crippen LogP contribution in [0.1, 0.15) is 24.3 Å². The largest absolute Gasteiger partial charge is 0.481 e. The van der Waals surface area contributed by atoms with Crippen molar-refractivity contribution in [3.63, 3.8) is 0 Å². The predicted molar refractivity (Wildman–Crippen MR) is 67.5 cm³/mol. The first-order valence-corrected chi connectivity index (χ1v) is 6.26. The van der Waals surface area contributed by atoms with Crippen molar-refractivity contribution in [2.45, 2.75) is 18.8 Å². The van der Waals surface area contributed by atoms with Gasteiger partial charge in [-0.05, 0) is 37.6 Å². The predicted octanol–water partition coefficient (Wildman–Crippen LogP) is 2.60. The number of carboxylic acids is 1. The van der Waals surface area contributed by atoms with Crippen molar-refractivity contribution in [3.8, 4) is 0 Å². The summed E-state index contributed by atoms with van der Waals surface area (Å²) in [5, 5.41) is 9.87. The highest BCUT2D eigenvalue weighted by Crippen LogP contribution is 2.26. The molecule has 1 atom stereocenters. The van der Waals surface area contributed by atoms with Crippen LogP contribution in [0.3, 0.4) is 0 Å². The summed E-state index contributed by atoms with van der Waals surface area (Å²) < 4.78 is 0. The second-order valence-corrected chi connectivity index (χ2v) is 4.83. The standard InChI is InChI=1S/C13H16ClNO2/c14-12-6-2-1-5-10(12)11(13(16)17)9-15-7-3-4-8-15/h1-2,5-6,11H,3-4,7-9H2,(H,16,17). The SMILES string of the molecule is O=C(O)C(CN1CCCC1)c1ccccc1Cl. The van der Waals surface area contributed by atoms with Gasteiger partial charge < -0.3 is 10.0 Å². The Hall–Kier alpha value is -1.06. The lowest BCUT2D eigenvalue weighted by molar-refractivity contribution is -0.139. The molecule has 1 aromatic rings. The average Bonchev–Trinajstić information content (AvgIpc) is 2.79. The summed E-state index contributed by atoms with van der Waals surface area (Å²) in [5.41, 5.74) is 0.716. The third kappa shape index (κ3) is 2.99. The molecule has 4 heteroatoms. The van der Waals surface area contributed by atoms with Gasteiger partial charge in [-0.15, -0.1) is 0 Å². The van der Waals surface area contributed by atoms with Gasteiger partial charge in [0.05, 0.1) is 5.92 Å². The van der Waals surface area contributed by atoms with Crippen LogP contribution in [0.25, 0.3) is 0 Å². The summed E-state index contributed by atoms with van der Waals surface area (Å²) in [6.45, 7) is 2.54. The molecule has 0 saturated carbocycles. The van der Waals surface area contributed by atoms with E-state index in [1.54, 1.807) is 12.1 Å². The molecule has 0 amide bonds. The maximum Gasteiger partial charge on any atom is 0.312 e. The number of carbonyl (C=O) groups is 1. The van der Waals surface area contributed by atoms with Crippen LogP contribution in [0.5, 0.6) is 0 Å². The van der Waals surface area contributed by atoms with Gasteiger partial charge in [-0.3, -0.25) is 4.79 Å². The molecule has 2 rings (SSSR count). The first kappa shape index (κ1) is 12.4. The van der Waals surface area contributed by atoms with Gasteiger partial charge in [0.25, 0.3) is 0 Å². The van der Waals surface area contributed by atoms with E-state index in [9.17, 15) is 9.90 Å². The molecule has 3 nitrogen and oxygen atoms in total. The highest BCUT2D eigenvalue weighted by Gasteiger charge is 2.26. The van der Waals surface area contributed by atoms with Crippen LogP contribution in [0.15, 0.2) is 24.3 Å². The number of carboxylic acid groups (broad SMARTS) is 1. The Morgan fingerprint density at radius 1 is 1.35 bits per heavy atom. The van der Waals surface area contributed by atoms with Crippen LogP contribution >= 0.6 is 11.6 Å². The van der Waals surface area contributed by atoms with E-state index < -0.39 is 11.9 Å². The normalized spacial score (nSPS) is 18.2. The fraction of sp³-hybridized carbons (Fsp3) is 0.462. The summed E-state index contributed by atoms with van der Waals surface area (Å²) >= 11 is 6.07. The quantitative estimate of drug-likeness (QED) is 0.897. The van der Waals surface area contributed by atoms with E-state index in [1.165, 1.54) is 0 Å². The molecule has 1 unspecified atom stereocenters. The Morgan fingerprint density at radius 3 is 2.59 bits per heavy atom. The van der Waals surface area contributed by atoms with Gasteiger partial charge in [0.2, 0.25) is 0 Å². The summed E-state index contributed by atoms with van der Waals surface area (Å²) in [4.78, 5) is 13.6. The van der Waals surface area contributed by atoms with E-state index >= 15 is 0 Å². The average molecular weight is 254 g/mol. The van der Waals surface area contributed by atoms with Gasteiger partial charge in [-0.1, -0.05) is 29.8 Å². The molecule has 1 aliphatic rings. The van der Waals surface area contributed by atoms with Gasteiger partial charge >= 0.3 is 5.97 Å². The van der Waals surface area contributed by atoms with E-state index in [0.29, 0.717) is 17.1 Å². The lowest BCUT2D eigenvalue weighted by Gasteiger charge is -2.21. The van der Waals surface area contributed by atoms with E-state index in [-0.39, 0.29) is 0 Å². The molecule has 1 aliphatic heterocycles. The lowest BCUT2D eigenvalue weighted by atomic mass is 9.98. The number of nitrogens with zero attached hydrogens (tertiary/aromatic N) is 1. The van der Waals surface area contributed by atoms with Crippen molar-refractivity contribution in [1.29, 1.82) is 0 Å². The van der Waals surface area contributed by atoms with E-state index in [1.807, 2.05) is 12.1 Å². The first-order valence-electron chi connectivity index (χ1n) is 5.88. The molecule has 0 bridgehead atoms. The van der Waals surface area contributed by atoms with E-state index in [0.717, 1.165) is 25.9 Å². The zero-order valence-corrected chi connectivity index (χ0v) is 10.4. The minimum Gasteiger partial charge on any atom is -0.481 e. The van der Waals surface area contributed by atoms with Crippen molar-refractivity contribution in [1.82, 2.24) is 4.90 Å². The molecule has 1 heterocycles. The topological polar surface area (TPSA) is 40.5 Å². The van der Waals surface area contributed by atoms with Crippen LogP contribution in [0.4, 0.5) is 0 Å². The highest BCUT2D eigenvalue weighted by molar-refractivity contribution is 6.31. The van der Waals surface area contributed by atoms with Crippen LogP contribution < -0.4 is 0 Å².